The third kappa shape index (κ3) is 4.59. The van der Waals surface area contributed by atoms with Gasteiger partial charge in [0.25, 0.3) is 0 Å². The first-order valence-electron chi connectivity index (χ1n) is 9.70. The van der Waals surface area contributed by atoms with E-state index in [2.05, 4.69) is 11.3 Å². The first-order valence-corrected chi connectivity index (χ1v) is 11.9. The maximum absolute atomic E-state index is 12.2. The lowest BCUT2D eigenvalue weighted by Crippen LogP contribution is -2.25. The summed E-state index contributed by atoms with van der Waals surface area (Å²) < 4.78 is 28.9. The second kappa shape index (κ2) is 8.46. The van der Waals surface area contributed by atoms with Crippen LogP contribution in [0.25, 0.3) is 0 Å². The summed E-state index contributed by atoms with van der Waals surface area (Å²) in [5.41, 5.74) is 2.40. The summed E-state index contributed by atoms with van der Waals surface area (Å²) in [4.78, 5) is 0. The Morgan fingerprint density at radius 1 is 0.875 bits per heavy atom. The molecule has 3 rings (SSSR count). The SMILES string of the molecule is C[SiH2][C@H]1CC[C@H](C2CCC(c3ccc(OC(F)F)cc3)CC2)CC1. The molecule has 0 aliphatic heterocycles. The average Bonchev–Trinajstić information content (AvgIpc) is 2.62. The molecule has 0 saturated heterocycles. The molecule has 0 amide bonds. The van der Waals surface area contributed by atoms with E-state index in [0.717, 1.165) is 17.4 Å². The van der Waals surface area contributed by atoms with Crippen LogP contribution >= 0.6 is 0 Å². The zero-order valence-electron chi connectivity index (χ0n) is 14.7. The van der Waals surface area contributed by atoms with E-state index in [1.165, 1.54) is 56.9 Å². The van der Waals surface area contributed by atoms with Gasteiger partial charge in [0, 0.05) is 9.52 Å². The van der Waals surface area contributed by atoms with Crippen molar-refractivity contribution in [3.8, 4) is 5.75 Å². The van der Waals surface area contributed by atoms with Crippen LogP contribution < -0.4 is 4.74 Å². The highest BCUT2D eigenvalue weighted by atomic mass is 28.2. The van der Waals surface area contributed by atoms with Crippen molar-refractivity contribution in [3.05, 3.63) is 29.8 Å². The lowest BCUT2D eigenvalue weighted by Gasteiger charge is -2.37. The normalized spacial score (nSPS) is 31.7. The van der Waals surface area contributed by atoms with Gasteiger partial charge in [-0.25, -0.2) is 0 Å². The van der Waals surface area contributed by atoms with Crippen molar-refractivity contribution >= 4 is 9.52 Å². The van der Waals surface area contributed by atoms with Gasteiger partial charge in [0.2, 0.25) is 0 Å². The molecule has 0 radical (unpaired) electrons. The molecule has 134 valence electrons. The second-order valence-electron chi connectivity index (χ2n) is 7.75. The zero-order chi connectivity index (χ0) is 16.9. The third-order valence-electron chi connectivity index (χ3n) is 6.48. The van der Waals surface area contributed by atoms with Crippen LogP contribution in [-0.4, -0.2) is 16.1 Å². The van der Waals surface area contributed by atoms with Gasteiger partial charge in [-0.15, -0.1) is 0 Å². The molecule has 2 saturated carbocycles. The van der Waals surface area contributed by atoms with Crippen molar-refractivity contribution < 1.29 is 13.5 Å². The standard InChI is InChI=1S/C20H30F2OSi/c1-24-19-12-8-17(9-13-19)15-4-2-14(3-5-15)16-6-10-18(11-7-16)23-20(21)22/h6-7,10-11,14-15,17,19-20H,2-5,8-9,12-13,24H2,1H3/t14?,15?,17-,19-. The van der Waals surface area contributed by atoms with Crippen molar-refractivity contribution in [1.29, 1.82) is 0 Å². The fourth-order valence-electron chi connectivity index (χ4n) is 4.91. The number of alkyl halides is 2. The van der Waals surface area contributed by atoms with Crippen molar-refractivity contribution in [2.24, 2.45) is 11.8 Å². The van der Waals surface area contributed by atoms with E-state index in [9.17, 15) is 8.78 Å². The summed E-state index contributed by atoms with van der Waals surface area (Å²) in [5, 5.41) is 0. The molecule has 1 nitrogen and oxygen atoms in total. The van der Waals surface area contributed by atoms with E-state index in [0.29, 0.717) is 5.92 Å². The summed E-state index contributed by atoms with van der Waals surface area (Å²) >= 11 is 0. The fraction of sp³-hybridized carbons (Fsp3) is 0.700. The molecule has 0 aromatic heterocycles. The minimum atomic E-state index is -2.74. The van der Waals surface area contributed by atoms with Gasteiger partial charge < -0.3 is 4.74 Å². The minimum Gasteiger partial charge on any atom is -0.435 e. The number of hydrogen-bond donors (Lipinski definition) is 0. The maximum Gasteiger partial charge on any atom is 0.387 e. The summed E-state index contributed by atoms with van der Waals surface area (Å²) in [6, 6.07) is 7.31. The Hall–Kier alpha value is -0.903. The third-order valence-corrected chi connectivity index (χ3v) is 8.46. The van der Waals surface area contributed by atoms with Crippen LogP contribution in [0.15, 0.2) is 24.3 Å². The molecule has 24 heavy (non-hydrogen) atoms. The smallest absolute Gasteiger partial charge is 0.387 e. The van der Waals surface area contributed by atoms with E-state index in [4.69, 9.17) is 0 Å². The van der Waals surface area contributed by atoms with Crippen LogP contribution in [0.5, 0.6) is 5.75 Å². The number of rotatable bonds is 5. The number of hydrogen-bond acceptors (Lipinski definition) is 1. The molecule has 1 aromatic carbocycles. The average molecular weight is 353 g/mol. The highest BCUT2D eigenvalue weighted by Crippen LogP contribution is 2.44. The fourth-order valence-corrected chi connectivity index (χ4v) is 6.20. The minimum absolute atomic E-state index is 0.206. The van der Waals surface area contributed by atoms with E-state index in [1.54, 1.807) is 12.1 Å². The molecule has 1 aromatic rings. The Balaban J connectivity index is 1.48. The Kier molecular flexibility index (Phi) is 6.31. The largest absolute Gasteiger partial charge is 0.435 e. The van der Waals surface area contributed by atoms with Crippen molar-refractivity contribution in [1.82, 2.24) is 0 Å². The Morgan fingerprint density at radius 3 is 1.92 bits per heavy atom. The molecule has 0 N–H and O–H groups in total. The van der Waals surface area contributed by atoms with Crippen LogP contribution in [0, 0.1) is 11.8 Å². The first-order chi connectivity index (χ1) is 11.7. The number of halogens is 2. The predicted molar refractivity (Wildman–Crippen MR) is 97.9 cm³/mol. The van der Waals surface area contributed by atoms with Crippen LogP contribution in [-0.2, 0) is 0 Å². The number of ether oxygens (including phenoxy) is 1. The quantitative estimate of drug-likeness (QED) is 0.612. The first kappa shape index (κ1) is 17.9. The highest BCUT2D eigenvalue weighted by molar-refractivity contribution is 6.35. The van der Waals surface area contributed by atoms with Crippen LogP contribution in [0.4, 0.5) is 8.78 Å². The van der Waals surface area contributed by atoms with Crippen LogP contribution in [0.2, 0.25) is 12.1 Å². The molecular formula is C20H30F2OSi. The molecule has 4 heteroatoms. The number of benzene rings is 1. The lowest BCUT2D eigenvalue weighted by atomic mass is 9.70. The summed E-state index contributed by atoms with van der Waals surface area (Å²) in [6.07, 6.45) is 11.1. The second-order valence-corrected chi connectivity index (χ2v) is 9.72. The molecule has 0 spiro atoms. The zero-order valence-corrected chi connectivity index (χ0v) is 16.1. The van der Waals surface area contributed by atoms with Gasteiger partial charge in [-0.2, -0.15) is 8.78 Å². The van der Waals surface area contributed by atoms with E-state index in [1.807, 2.05) is 12.1 Å². The van der Waals surface area contributed by atoms with Gasteiger partial charge in [-0.1, -0.05) is 49.9 Å². The van der Waals surface area contributed by atoms with Crippen LogP contribution in [0.3, 0.4) is 0 Å². The van der Waals surface area contributed by atoms with Gasteiger partial charge in [0.05, 0.1) is 0 Å². The Labute approximate surface area is 147 Å². The van der Waals surface area contributed by atoms with Gasteiger partial charge in [0.1, 0.15) is 5.75 Å². The maximum atomic E-state index is 12.2. The van der Waals surface area contributed by atoms with Gasteiger partial charge in [0.15, 0.2) is 0 Å². The van der Waals surface area contributed by atoms with Crippen molar-refractivity contribution in [3.63, 3.8) is 0 Å². The van der Waals surface area contributed by atoms with E-state index >= 15 is 0 Å². The molecule has 2 fully saturated rings. The van der Waals surface area contributed by atoms with Gasteiger partial charge >= 0.3 is 6.61 Å². The van der Waals surface area contributed by atoms with Crippen LogP contribution in [0.1, 0.15) is 62.8 Å². The van der Waals surface area contributed by atoms with Gasteiger partial charge in [-0.3, -0.25) is 0 Å². The van der Waals surface area contributed by atoms with E-state index in [-0.39, 0.29) is 15.3 Å². The molecule has 0 bridgehead atoms. The predicted octanol–water partition coefficient (Wildman–Crippen LogP) is 5.76. The summed E-state index contributed by atoms with van der Waals surface area (Å²) in [7, 11) is 0.206. The molecule has 2 aliphatic rings. The summed E-state index contributed by atoms with van der Waals surface area (Å²) in [6.45, 7) is -0.273. The molecule has 0 heterocycles. The monoisotopic (exact) mass is 352 g/mol. The molecule has 2 aliphatic carbocycles. The summed E-state index contributed by atoms with van der Waals surface area (Å²) in [5.74, 6) is 2.77. The molecule has 0 unspecified atom stereocenters. The van der Waals surface area contributed by atoms with Gasteiger partial charge in [-0.05, 0) is 61.1 Å². The molecular weight excluding hydrogens is 322 g/mol. The Morgan fingerprint density at radius 2 is 1.42 bits per heavy atom. The van der Waals surface area contributed by atoms with Crippen molar-refractivity contribution in [2.45, 2.75) is 76.0 Å². The lowest BCUT2D eigenvalue weighted by molar-refractivity contribution is -0.0498. The topological polar surface area (TPSA) is 9.23 Å². The van der Waals surface area contributed by atoms with Crippen molar-refractivity contribution in [2.75, 3.05) is 0 Å². The highest BCUT2D eigenvalue weighted by Gasteiger charge is 2.30. The Bertz CT molecular complexity index is 489. The van der Waals surface area contributed by atoms with E-state index < -0.39 is 6.61 Å². The molecule has 0 atom stereocenters.